The lowest BCUT2D eigenvalue weighted by Crippen LogP contribution is -2.51. The predicted molar refractivity (Wildman–Crippen MR) is 74.5 cm³/mol. The number of nitrogens with zero attached hydrogens (tertiary/aromatic N) is 1. The maximum absolute atomic E-state index is 13.5. The first-order valence-corrected chi connectivity index (χ1v) is 7.10. The van der Waals surface area contributed by atoms with Crippen molar-refractivity contribution >= 4 is 11.6 Å². The maximum atomic E-state index is 13.5. The summed E-state index contributed by atoms with van der Waals surface area (Å²) in [5.74, 6) is -0.155. The molecule has 1 heterocycles. The van der Waals surface area contributed by atoms with E-state index in [9.17, 15) is 9.18 Å². The lowest BCUT2D eigenvalue weighted by Gasteiger charge is -2.33. The maximum Gasteiger partial charge on any atom is 0.244 e. The van der Waals surface area contributed by atoms with Gasteiger partial charge in [-0.05, 0) is 37.8 Å². The molecule has 3 rings (SSSR count). The molecule has 0 spiro atoms. The smallest absolute Gasteiger partial charge is 0.244 e. The minimum absolute atomic E-state index is 0.0804. The van der Waals surface area contributed by atoms with Gasteiger partial charge in [0.1, 0.15) is 0 Å². The van der Waals surface area contributed by atoms with Gasteiger partial charge in [0, 0.05) is 24.3 Å². The highest BCUT2D eigenvalue weighted by Crippen LogP contribution is 2.28. The van der Waals surface area contributed by atoms with Crippen LogP contribution in [0.3, 0.4) is 0 Å². The van der Waals surface area contributed by atoms with E-state index in [-0.39, 0.29) is 17.7 Å². The number of anilines is 1. The van der Waals surface area contributed by atoms with E-state index in [1.807, 2.05) is 0 Å². The van der Waals surface area contributed by atoms with Gasteiger partial charge in [0.15, 0.2) is 11.6 Å². The Morgan fingerprint density at radius 1 is 1.35 bits per heavy atom. The van der Waals surface area contributed by atoms with Gasteiger partial charge in [0.25, 0.3) is 0 Å². The topological polar surface area (TPSA) is 41.6 Å². The number of hydrogen-bond acceptors (Lipinski definition) is 3. The van der Waals surface area contributed by atoms with Crippen LogP contribution in [0, 0.1) is 5.82 Å². The zero-order valence-electron chi connectivity index (χ0n) is 11.6. The van der Waals surface area contributed by atoms with Crippen LogP contribution >= 0.6 is 0 Å². The molecule has 2 fully saturated rings. The van der Waals surface area contributed by atoms with Gasteiger partial charge in [-0.15, -0.1) is 0 Å². The summed E-state index contributed by atoms with van der Waals surface area (Å²) in [6.07, 6.45) is 4.16. The Bertz CT molecular complexity index is 517. The molecule has 1 amide bonds. The van der Waals surface area contributed by atoms with E-state index in [1.54, 1.807) is 17.0 Å². The zero-order chi connectivity index (χ0) is 14.1. The quantitative estimate of drug-likeness (QED) is 0.917. The Balaban J connectivity index is 1.79. The van der Waals surface area contributed by atoms with E-state index in [2.05, 4.69) is 5.32 Å². The molecule has 1 N–H and O–H groups in total. The second-order valence-corrected chi connectivity index (χ2v) is 5.44. The minimum atomic E-state index is -0.409. The number of halogens is 1. The van der Waals surface area contributed by atoms with Crippen LogP contribution in [0.2, 0.25) is 0 Å². The van der Waals surface area contributed by atoms with Crippen LogP contribution < -0.4 is 15.0 Å². The van der Waals surface area contributed by atoms with Crippen molar-refractivity contribution in [2.45, 2.75) is 37.8 Å². The summed E-state index contributed by atoms with van der Waals surface area (Å²) in [5.41, 5.74) is 0.704. The molecule has 0 bridgehead atoms. The highest BCUT2D eigenvalue weighted by Gasteiger charge is 2.34. The molecule has 1 aromatic carbocycles. The standard InChI is InChI=1S/C15H19FN2O2/c1-20-14-9-11(6-7-12(14)16)18-8-2-3-13(15(18)19)17-10-4-5-10/h6-7,9-10,13,17H,2-5,8H2,1H3. The highest BCUT2D eigenvalue weighted by molar-refractivity contribution is 5.98. The number of piperidine rings is 1. The third kappa shape index (κ3) is 2.63. The monoisotopic (exact) mass is 278 g/mol. The summed E-state index contributed by atoms with van der Waals surface area (Å²) < 4.78 is 18.4. The molecular formula is C15H19FN2O2. The van der Waals surface area contributed by atoms with E-state index in [0.29, 0.717) is 18.3 Å². The van der Waals surface area contributed by atoms with Crippen molar-refractivity contribution in [2.75, 3.05) is 18.6 Å². The second-order valence-electron chi connectivity index (χ2n) is 5.44. The fourth-order valence-corrected chi connectivity index (χ4v) is 2.64. The lowest BCUT2D eigenvalue weighted by molar-refractivity contribution is -0.121. The fourth-order valence-electron chi connectivity index (χ4n) is 2.64. The Morgan fingerprint density at radius 2 is 2.15 bits per heavy atom. The number of carbonyl (C=O) groups excluding carboxylic acids is 1. The number of carbonyl (C=O) groups is 1. The van der Waals surface area contributed by atoms with Gasteiger partial charge < -0.3 is 15.0 Å². The van der Waals surface area contributed by atoms with Crippen LogP contribution in [0.15, 0.2) is 18.2 Å². The van der Waals surface area contributed by atoms with E-state index < -0.39 is 5.82 Å². The third-order valence-corrected chi connectivity index (χ3v) is 3.90. The molecular weight excluding hydrogens is 259 g/mol. The van der Waals surface area contributed by atoms with Crippen molar-refractivity contribution in [1.82, 2.24) is 5.32 Å². The van der Waals surface area contributed by atoms with Crippen molar-refractivity contribution in [2.24, 2.45) is 0 Å². The summed E-state index contributed by atoms with van der Waals surface area (Å²) in [5, 5.41) is 3.39. The first-order valence-electron chi connectivity index (χ1n) is 7.10. The van der Waals surface area contributed by atoms with Crippen LogP contribution in [-0.4, -0.2) is 31.6 Å². The van der Waals surface area contributed by atoms with Gasteiger partial charge in [-0.3, -0.25) is 4.79 Å². The molecule has 4 nitrogen and oxygen atoms in total. The minimum Gasteiger partial charge on any atom is -0.494 e. The zero-order valence-corrected chi connectivity index (χ0v) is 11.6. The predicted octanol–water partition coefficient (Wildman–Crippen LogP) is 2.08. The number of benzene rings is 1. The van der Waals surface area contributed by atoms with E-state index in [1.165, 1.54) is 13.2 Å². The molecule has 108 valence electrons. The molecule has 20 heavy (non-hydrogen) atoms. The van der Waals surface area contributed by atoms with Crippen LogP contribution in [-0.2, 0) is 4.79 Å². The molecule has 1 unspecified atom stereocenters. The summed E-state index contributed by atoms with van der Waals surface area (Å²) in [6, 6.07) is 4.97. The first-order chi connectivity index (χ1) is 9.69. The SMILES string of the molecule is COc1cc(N2CCCC(NC3CC3)C2=O)ccc1F. The van der Waals surface area contributed by atoms with Crippen LogP contribution in [0.25, 0.3) is 0 Å². The first kappa shape index (κ1) is 13.4. The molecule has 2 aliphatic rings. The molecule has 1 aliphatic heterocycles. The van der Waals surface area contributed by atoms with E-state index in [4.69, 9.17) is 4.74 Å². The fraction of sp³-hybridized carbons (Fsp3) is 0.533. The number of methoxy groups -OCH3 is 1. The van der Waals surface area contributed by atoms with Crippen molar-refractivity contribution in [3.05, 3.63) is 24.0 Å². The number of nitrogens with one attached hydrogen (secondary N) is 1. The van der Waals surface area contributed by atoms with Crippen molar-refractivity contribution in [1.29, 1.82) is 0 Å². The second kappa shape index (κ2) is 5.40. The highest BCUT2D eigenvalue weighted by atomic mass is 19.1. The summed E-state index contributed by atoms with van der Waals surface area (Å²) in [6.45, 7) is 0.677. The molecule has 0 radical (unpaired) electrons. The van der Waals surface area contributed by atoms with Gasteiger partial charge in [-0.1, -0.05) is 0 Å². The van der Waals surface area contributed by atoms with Crippen molar-refractivity contribution < 1.29 is 13.9 Å². The van der Waals surface area contributed by atoms with E-state index >= 15 is 0 Å². The van der Waals surface area contributed by atoms with Gasteiger partial charge in [-0.25, -0.2) is 4.39 Å². The molecule has 0 aromatic heterocycles. The Kier molecular flexibility index (Phi) is 3.61. The van der Waals surface area contributed by atoms with Gasteiger partial charge in [0.2, 0.25) is 5.91 Å². The molecule has 1 aromatic rings. The van der Waals surface area contributed by atoms with Crippen LogP contribution in [0.5, 0.6) is 5.75 Å². The van der Waals surface area contributed by atoms with Gasteiger partial charge >= 0.3 is 0 Å². The summed E-state index contributed by atoms with van der Waals surface area (Å²) in [4.78, 5) is 14.2. The number of hydrogen-bond donors (Lipinski definition) is 1. The van der Waals surface area contributed by atoms with Crippen molar-refractivity contribution in [3.8, 4) is 5.75 Å². The number of ether oxygens (including phenoxy) is 1. The van der Waals surface area contributed by atoms with E-state index in [0.717, 1.165) is 25.7 Å². The molecule has 5 heteroatoms. The molecule has 1 atom stereocenters. The average molecular weight is 278 g/mol. The summed E-state index contributed by atoms with van der Waals surface area (Å²) in [7, 11) is 1.43. The lowest BCUT2D eigenvalue weighted by atomic mass is 10.0. The van der Waals surface area contributed by atoms with Crippen LogP contribution in [0.1, 0.15) is 25.7 Å². The number of amides is 1. The molecule has 1 saturated carbocycles. The Labute approximate surface area is 117 Å². The molecule has 1 aliphatic carbocycles. The molecule has 1 saturated heterocycles. The van der Waals surface area contributed by atoms with Gasteiger partial charge in [-0.2, -0.15) is 0 Å². The number of rotatable bonds is 4. The summed E-state index contributed by atoms with van der Waals surface area (Å²) >= 11 is 0. The average Bonchev–Trinajstić information content (AvgIpc) is 3.26. The third-order valence-electron chi connectivity index (χ3n) is 3.90. The van der Waals surface area contributed by atoms with Gasteiger partial charge in [0.05, 0.1) is 13.2 Å². The van der Waals surface area contributed by atoms with Crippen molar-refractivity contribution in [3.63, 3.8) is 0 Å². The normalized spacial score (nSPS) is 23.0. The Morgan fingerprint density at radius 3 is 2.85 bits per heavy atom. The largest absolute Gasteiger partial charge is 0.494 e. The van der Waals surface area contributed by atoms with Crippen LogP contribution in [0.4, 0.5) is 10.1 Å². The Hall–Kier alpha value is -1.62.